The van der Waals surface area contributed by atoms with Crippen molar-refractivity contribution in [2.75, 3.05) is 18.5 Å². The number of anilines is 1. The molecule has 0 spiro atoms. The summed E-state index contributed by atoms with van der Waals surface area (Å²) >= 11 is 0. The highest BCUT2D eigenvalue weighted by molar-refractivity contribution is 5.97. The maximum atomic E-state index is 12.3. The lowest BCUT2D eigenvalue weighted by Crippen LogP contribution is -2.33. The molecular weight excluding hydrogens is 332 g/mol. The second-order valence-electron chi connectivity index (χ2n) is 6.26. The molecule has 0 aliphatic carbocycles. The van der Waals surface area contributed by atoms with E-state index in [1.807, 2.05) is 38.4 Å². The van der Waals surface area contributed by atoms with Crippen molar-refractivity contribution >= 4 is 17.5 Å². The highest BCUT2D eigenvalue weighted by Crippen LogP contribution is 2.26. The van der Waals surface area contributed by atoms with Gasteiger partial charge in [-0.1, -0.05) is 0 Å². The van der Waals surface area contributed by atoms with Crippen molar-refractivity contribution in [2.24, 2.45) is 0 Å². The highest BCUT2D eigenvalue weighted by atomic mass is 16.5. The van der Waals surface area contributed by atoms with Crippen LogP contribution in [0.1, 0.15) is 48.6 Å². The molecule has 0 bridgehead atoms. The molecule has 2 rings (SSSR count). The molecule has 2 amide bonds. The van der Waals surface area contributed by atoms with Crippen LogP contribution in [0.5, 0.6) is 5.75 Å². The SMILES string of the molecule is CCOc1ccc(C(C)=O)cc1NC(=O)NC[C@H](C)n1nc(C)cc1C. The predicted octanol–water partition coefficient (Wildman–Crippen LogP) is 3.48. The van der Waals surface area contributed by atoms with E-state index in [4.69, 9.17) is 4.74 Å². The molecule has 2 aromatic rings. The molecule has 0 aliphatic rings. The summed E-state index contributed by atoms with van der Waals surface area (Å²) in [5, 5.41) is 10.0. The number of ether oxygens (including phenoxy) is 1. The molecule has 140 valence electrons. The van der Waals surface area contributed by atoms with Gasteiger partial charge < -0.3 is 15.4 Å². The largest absolute Gasteiger partial charge is 0.492 e. The van der Waals surface area contributed by atoms with Crippen molar-refractivity contribution in [3.63, 3.8) is 0 Å². The molecule has 26 heavy (non-hydrogen) atoms. The number of benzene rings is 1. The van der Waals surface area contributed by atoms with E-state index in [9.17, 15) is 9.59 Å². The van der Waals surface area contributed by atoms with E-state index >= 15 is 0 Å². The molecule has 0 aliphatic heterocycles. The number of urea groups is 1. The van der Waals surface area contributed by atoms with Crippen LogP contribution in [0.3, 0.4) is 0 Å². The monoisotopic (exact) mass is 358 g/mol. The van der Waals surface area contributed by atoms with Gasteiger partial charge >= 0.3 is 6.03 Å². The standard InChI is InChI=1S/C19H26N4O3/c1-6-26-18-8-7-16(15(5)24)10-17(18)21-19(25)20-11-14(4)23-13(3)9-12(2)22-23/h7-10,14H,6,11H2,1-5H3,(H2,20,21,25)/t14-/m0/s1. The summed E-state index contributed by atoms with van der Waals surface area (Å²) in [7, 11) is 0. The van der Waals surface area contributed by atoms with E-state index in [0.29, 0.717) is 30.2 Å². The lowest BCUT2D eigenvalue weighted by Gasteiger charge is -2.17. The van der Waals surface area contributed by atoms with Crippen LogP contribution in [0.25, 0.3) is 0 Å². The molecule has 7 nitrogen and oxygen atoms in total. The van der Waals surface area contributed by atoms with Crippen LogP contribution < -0.4 is 15.4 Å². The Labute approximate surface area is 153 Å². The van der Waals surface area contributed by atoms with Gasteiger partial charge in [-0.3, -0.25) is 9.48 Å². The molecule has 1 aromatic heterocycles. The Morgan fingerprint density at radius 1 is 1.27 bits per heavy atom. The number of Topliss-reactive ketones (excluding diaryl/α,β-unsaturated/α-hetero) is 1. The first-order valence-corrected chi connectivity index (χ1v) is 8.67. The Balaban J connectivity index is 2.03. The predicted molar refractivity (Wildman–Crippen MR) is 101 cm³/mol. The number of amides is 2. The number of ketones is 1. The molecule has 1 aromatic carbocycles. The zero-order chi connectivity index (χ0) is 19.3. The number of carbonyl (C=O) groups excluding carboxylic acids is 2. The van der Waals surface area contributed by atoms with Gasteiger partial charge in [-0.25, -0.2) is 4.79 Å². The zero-order valence-electron chi connectivity index (χ0n) is 15.9. The molecule has 0 unspecified atom stereocenters. The van der Waals surface area contributed by atoms with Gasteiger partial charge in [0.25, 0.3) is 0 Å². The van der Waals surface area contributed by atoms with E-state index in [-0.39, 0.29) is 17.9 Å². The van der Waals surface area contributed by atoms with Crippen molar-refractivity contribution in [1.29, 1.82) is 0 Å². The topological polar surface area (TPSA) is 85.2 Å². The average Bonchev–Trinajstić information content (AvgIpc) is 2.92. The maximum absolute atomic E-state index is 12.3. The fourth-order valence-electron chi connectivity index (χ4n) is 2.71. The molecule has 1 atom stereocenters. The number of rotatable bonds is 7. The van der Waals surface area contributed by atoms with E-state index < -0.39 is 0 Å². The second kappa shape index (κ2) is 8.51. The Hall–Kier alpha value is -2.83. The Kier molecular flexibility index (Phi) is 6.38. The molecule has 0 saturated carbocycles. The van der Waals surface area contributed by atoms with E-state index in [1.54, 1.807) is 18.2 Å². The molecule has 0 saturated heterocycles. The van der Waals surface area contributed by atoms with Crippen molar-refractivity contribution in [3.05, 3.63) is 41.2 Å². The zero-order valence-corrected chi connectivity index (χ0v) is 15.9. The van der Waals surface area contributed by atoms with E-state index in [0.717, 1.165) is 11.4 Å². The minimum Gasteiger partial charge on any atom is -0.492 e. The second-order valence-corrected chi connectivity index (χ2v) is 6.26. The van der Waals surface area contributed by atoms with Crippen molar-refractivity contribution in [3.8, 4) is 5.75 Å². The summed E-state index contributed by atoms with van der Waals surface area (Å²) in [5.41, 5.74) is 2.97. The molecule has 0 radical (unpaired) electrons. The fraction of sp³-hybridized carbons (Fsp3) is 0.421. The van der Waals surface area contributed by atoms with Gasteiger partial charge in [-0.05, 0) is 58.9 Å². The highest BCUT2D eigenvalue weighted by Gasteiger charge is 2.13. The normalized spacial score (nSPS) is 11.7. The van der Waals surface area contributed by atoms with Crippen molar-refractivity contribution in [2.45, 2.75) is 40.7 Å². The number of aromatic nitrogens is 2. The Bertz CT molecular complexity index is 798. The molecule has 7 heteroatoms. The molecular formula is C19H26N4O3. The van der Waals surface area contributed by atoms with Gasteiger partial charge in [0.15, 0.2) is 5.78 Å². The molecule has 1 heterocycles. The Morgan fingerprint density at radius 2 is 2.00 bits per heavy atom. The third-order valence-electron chi connectivity index (χ3n) is 3.95. The minimum absolute atomic E-state index is 0.0179. The van der Waals surface area contributed by atoms with Gasteiger partial charge in [0, 0.05) is 17.8 Å². The number of hydrogen-bond donors (Lipinski definition) is 2. The summed E-state index contributed by atoms with van der Waals surface area (Å²) in [6.45, 7) is 10.1. The van der Waals surface area contributed by atoms with E-state index in [1.165, 1.54) is 6.92 Å². The summed E-state index contributed by atoms with van der Waals surface area (Å²) in [4.78, 5) is 23.9. The van der Waals surface area contributed by atoms with Crippen LogP contribution in [0, 0.1) is 13.8 Å². The maximum Gasteiger partial charge on any atom is 0.319 e. The van der Waals surface area contributed by atoms with Crippen molar-refractivity contribution in [1.82, 2.24) is 15.1 Å². The molecule has 0 fully saturated rings. The number of hydrogen-bond acceptors (Lipinski definition) is 4. The molecule has 2 N–H and O–H groups in total. The lowest BCUT2D eigenvalue weighted by molar-refractivity contribution is 0.101. The first kappa shape index (κ1) is 19.5. The van der Waals surface area contributed by atoms with E-state index in [2.05, 4.69) is 15.7 Å². The summed E-state index contributed by atoms with van der Waals surface area (Å²) in [5.74, 6) is 0.453. The Morgan fingerprint density at radius 3 is 2.58 bits per heavy atom. The average molecular weight is 358 g/mol. The lowest BCUT2D eigenvalue weighted by atomic mass is 10.1. The third-order valence-corrected chi connectivity index (χ3v) is 3.95. The van der Waals surface area contributed by atoms with Crippen LogP contribution in [0.15, 0.2) is 24.3 Å². The number of nitrogens with one attached hydrogen (secondary N) is 2. The van der Waals surface area contributed by atoms with Crippen LogP contribution in [0.2, 0.25) is 0 Å². The summed E-state index contributed by atoms with van der Waals surface area (Å²) in [6, 6.07) is 6.65. The number of carbonyl (C=O) groups is 2. The van der Waals surface area contributed by atoms with Gasteiger partial charge in [0.2, 0.25) is 0 Å². The summed E-state index contributed by atoms with van der Waals surface area (Å²) < 4.78 is 7.40. The van der Waals surface area contributed by atoms with Gasteiger partial charge in [0.1, 0.15) is 5.75 Å². The quantitative estimate of drug-likeness (QED) is 0.742. The number of aryl methyl sites for hydroxylation is 2. The van der Waals surface area contributed by atoms with Crippen LogP contribution in [-0.4, -0.2) is 34.7 Å². The summed E-state index contributed by atoms with van der Waals surface area (Å²) in [6.07, 6.45) is 0. The third kappa shape index (κ3) is 4.84. The fourth-order valence-corrected chi connectivity index (χ4v) is 2.71. The van der Waals surface area contributed by atoms with Gasteiger partial charge in [0.05, 0.1) is 24.0 Å². The minimum atomic E-state index is -0.361. The number of nitrogens with zero attached hydrogens (tertiary/aromatic N) is 2. The van der Waals surface area contributed by atoms with Gasteiger partial charge in [-0.2, -0.15) is 5.10 Å². The van der Waals surface area contributed by atoms with Crippen molar-refractivity contribution < 1.29 is 14.3 Å². The first-order valence-electron chi connectivity index (χ1n) is 8.67. The van der Waals surface area contributed by atoms with Crippen LogP contribution >= 0.6 is 0 Å². The van der Waals surface area contributed by atoms with Crippen LogP contribution in [-0.2, 0) is 0 Å². The smallest absolute Gasteiger partial charge is 0.319 e. The van der Waals surface area contributed by atoms with Gasteiger partial charge in [-0.15, -0.1) is 0 Å². The van der Waals surface area contributed by atoms with Crippen LogP contribution in [0.4, 0.5) is 10.5 Å². The first-order chi connectivity index (χ1) is 12.3.